The standard InChI is InChI=1S/C23H28ClN3O6S/c1-16(23(29)25-2)26(14-17-7-4-5-8-19(17)24)22(28)9-6-12-27(34(3,30)31)18-10-11-20-21(13-18)33-15-32-20/h4-5,7-8,10-11,13,16H,6,9,12,14-15H2,1-3H3,(H,25,29)/t16-/m0/s1. The smallest absolute Gasteiger partial charge is 0.242 e. The van der Waals surface area contributed by atoms with E-state index in [1.54, 1.807) is 43.3 Å². The van der Waals surface area contributed by atoms with Crippen LogP contribution >= 0.6 is 11.6 Å². The molecule has 1 heterocycles. The van der Waals surface area contributed by atoms with Gasteiger partial charge in [-0.2, -0.15) is 0 Å². The van der Waals surface area contributed by atoms with E-state index < -0.39 is 16.1 Å². The molecule has 2 aromatic carbocycles. The fourth-order valence-corrected chi connectivity index (χ4v) is 4.80. The Labute approximate surface area is 204 Å². The SMILES string of the molecule is CNC(=O)[C@H](C)N(Cc1ccccc1Cl)C(=O)CCCN(c1ccc2c(c1)OCO2)S(C)(=O)=O. The molecule has 1 aliphatic rings. The van der Waals surface area contributed by atoms with Crippen molar-refractivity contribution in [3.63, 3.8) is 0 Å². The molecule has 11 heteroatoms. The predicted octanol–water partition coefficient (Wildman–Crippen LogP) is 2.78. The third-order valence-electron chi connectivity index (χ3n) is 5.51. The molecule has 0 aromatic heterocycles. The van der Waals surface area contributed by atoms with E-state index in [1.165, 1.54) is 16.3 Å². The van der Waals surface area contributed by atoms with Gasteiger partial charge >= 0.3 is 0 Å². The maximum absolute atomic E-state index is 13.1. The summed E-state index contributed by atoms with van der Waals surface area (Å²) in [6.07, 6.45) is 1.40. The zero-order valence-corrected chi connectivity index (χ0v) is 20.9. The topological polar surface area (TPSA) is 105 Å². The average Bonchev–Trinajstić information content (AvgIpc) is 3.27. The van der Waals surface area contributed by atoms with Gasteiger partial charge in [0.15, 0.2) is 11.5 Å². The van der Waals surface area contributed by atoms with Crippen molar-refractivity contribution in [2.75, 3.05) is 30.9 Å². The number of carbonyl (C=O) groups excluding carboxylic acids is 2. The second-order valence-electron chi connectivity index (χ2n) is 7.88. The first-order valence-electron chi connectivity index (χ1n) is 10.7. The van der Waals surface area contributed by atoms with Crippen LogP contribution < -0.4 is 19.1 Å². The van der Waals surface area contributed by atoms with Crippen LogP contribution in [0.2, 0.25) is 5.02 Å². The van der Waals surface area contributed by atoms with E-state index in [0.29, 0.717) is 27.8 Å². The Bertz CT molecular complexity index is 1160. The highest BCUT2D eigenvalue weighted by Crippen LogP contribution is 2.36. The van der Waals surface area contributed by atoms with Crippen LogP contribution in [-0.4, -0.2) is 57.8 Å². The van der Waals surface area contributed by atoms with Gasteiger partial charge in [-0.25, -0.2) is 8.42 Å². The number of benzene rings is 2. The molecule has 0 aliphatic carbocycles. The first-order chi connectivity index (χ1) is 16.1. The van der Waals surface area contributed by atoms with Crippen molar-refractivity contribution in [1.82, 2.24) is 10.2 Å². The van der Waals surface area contributed by atoms with Crippen LogP contribution in [0.3, 0.4) is 0 Å². The lowest BCUT2D eigenvalue weighted by Crippen LogP contribution is -2.46. The van der Waals surface area contributed by atoms with Gasteiger partial charge in [0, 0.05) is 37.6 Å². The lowest BCUT2D eigenvalue weighted by Gasteiger charge is -2.29. The Morgan fingerprint density at radius 1 is 1.15 bits per heavy atom. The number of likely N-dealkylation sites (N-methyl/N-ethyl adjacent to an activating group) is 1. The molecule has 0 spiro atoms. The second kappa shape index (κ2) is 11.0. The van der Waals surface area contributed by atoms with Crippen LogP contribution in [-0.2, 0) is 26.2 Å². The number of amides is 2. The van der Waals surface area contributed by atoms with Crippen LogP contribution in [0.1, 0.15) is 25.3 Å². The molecule has 0 fully saturated rings. The molecule has 184 valence electrons. The number of sulfonamides is 1. The molecule has 1 aliphatic heterocycles. The van der Waals surface area contributed by atoms with Crippen molar-refractivity contribution in [1.29, 1.82) is 0 Å². The number of fused-ring (bicyclic) bond motifs is 1. The summed E-state index contributed by atoms with van der Waals surface area (Å²) in [4.78, 5) is 26.9. The van der Waals surface area contributed by atoms with E-state index in [9.17, 15) is 18.0 Å². The lowest BCUT2D eigenvalue weighted by molar-refractivity contribution is -0.140. The molecule has 1 N–H and O–H groups in total. The minimum Gasteiger partial charge on any atom is -0.454 e. The van der Waals surface area contributed by atoms with Gasteiger partial charge in [-0.05, 0) is 37.1 Å². The normalized spacial score (nSPS) is 13.3. The Morgan fingerprint density at radius 2 is 1.85 bits per heavy atom. The van der Waals surface area contributed by atoms with Crippen LogP contribution in [0.5, 0.6) is 11.5 Å². The number of nitrogens with zero attached hydrogens (tertiary/aromatic N) is 2. The summed E-state index contributed by atoms with van der Waals surface area (Å²) in [5.41, 5.74) is 1.14. The lowest BCUT2D eigenvalue weighted by atomic mass is 10.1. The predicted molar refractivity (Wildman–Crippen MR) is 130 cm³/mol. The highest BCUT2D eigenvalue weighted by molar-refractivity contribution is 7.92. The van der Waals surface area contributed by atoms with Crippen LogP contribution in [0.15, 0.2) is 42.5 Å². The molecule has 1 atom stereocenters. The summed E-state index contributed by atoms with van der Waals surface area (Å²) in [7, 11) is -2.10. The van der Waals surface area contributed by atoms with Crippen molar-refractivity contribution >= 4 is 39.1 Å². The molecule has 2 aromatic rings. The van der Waals surface area contributed by atoms with Crippen molar-refractivity contribution in [3.8, 4) is 11.5 Å². The summed E-state index contributed by atoms with van der Waals surface area (Å²) >= 11 is 6.26. The van der Waals surface area contributed by atoms with Gasteiger partial charge in [-0.3, -0.25) is 13.9 Å². The molecule has 34 heavy (non-hydrogen) atoms. The van der Waals surface area contributed by atoms with Gasteiger partial charge in [0.1, 0.15) is 6.04 Å². The first-order valence-corrected chi connectivity index (χ1v) is 13.0. The van der Waals surface area contributed by atoms with Gasteiger partial charge in [0.25, 0.3) is 0 Å². The Morgan fingerprint density at radius 3 is 2.53 bits per heavy atom. The summed E-state index contributed by atoms with van der Waals surface area (Å²) in [6.45, 7) is 1.96. The van der Waals surface area contributed by atoms with Gasteiger partial charge in [-0.1, -0.05) is 29.8 Å². The molecule has 0 unspecified atom stereocenters. The highest BCUT2D eigenvalue weighted by Gasteiger charge is 2.27. The highest BCUT2D eigenvalue weighted by atomic mass is 35.5. The molecule has 0 saturated carbocycles. The maximum Gasteiger partial charge on any atom is 0.242 e. The number of anilines is 1. The number of rotatable bonds is 10. The number of hydrogen-bond acceptors (Lipinski definition) is 6. The van der Waals surface area contributed by atoms with Crippen molar-refractivity contribution < 1.29 is 27.5 Å². The monoisotopic (exact) mass is 509 g/mol. The zero-order valence-electron chi connectivity index (χ0n) is 19.3. The Kier molecular flexibility index (Phi) is 8.27. The number of ether oxygens (including phenoxy) is 2. The summed E-state index contributed by atoms with van der Waals surface area (Å²) in [5.74, 6) is 0.423. The quantitative estimate of drug-likeness (QED) is 0.528. The van der Waals surface area contributed by atoms with Crippen molar-refractivity contribution in [3.05, 3.63) is 53.1 Å². The fraction of sp³-hybridized carbons (Fsp3) is 0.391. The molecule has 0 radical (unpaired) electrons. The molecular weight excluding hydrogens is 482 g/mol. The second-order valence-corrected chi connectivity index (χ2v) is 10.2. The van der Waals surface area contributed by atoms with E-state index in [-0.39, 0.29) is 44.5 Å². The van der Waals surface area contributed by atoms with E-state index in [2.05, 4.69) is 5.32 Å². The van der Waals surface area contributed by atoms with E-state index in [0.717, 1.165) is 6.26 Å². The molecule has 9 nitrogen and oxygen atoms in total. The fourth-order valence-electron chi connectivity index (χ4n) is 3.65. The summed E-state index contributed by atoms with van der Waals surface area (Å²) in [6, 6.07) is 11.3. The summed E-state index contributed by atoms with van der Waals surface area (Å²) < 4.78 is 36.8. The third kappa shape index (κ3) is 6.12. The Balaban J connectivity index is 1.73. The Hall–Kier alpha value is -2.98. The number of halogens is 1. The molecule has 3 rings (SSSR count). The van der Waals surface area contributed by atoms with Crippen molar-refractivity contribution in [2.24, 2.45) is 0 Å². The van der Waals surface area contributed by atoms with Crippen molar-refractivity contribution in [2.45, 2.75) is 32.4 Å². The number of nitrogens with one attached hydrogen (secondary N) is 1. The maximum atomic E-state index is 13.1. The minimum absolute atomic E-state index is 0.0440. The molecule has 0 saturated heterocycles. The number of hydrogen-bond donors (Lipinski definition) is 1. The molecule has 2 amide bonds. The number of carbonyl (C=O) groups is 2. The zero-order chi connectivity index (χ0) is 24.9. The average molecular weight is 510 g/mol. The summed E-state index contributed by atoms with van der Waals surface area (Å²) in [5, 5.41) is 3.06. The van der Waals surface area contributed by atoms with E-state index >= 15 is 0 Å². The van der Waals surface area contributed by atoms with E-state index in [4.69, 9.17) is 21.1 Å². The van der Waals surface area contributed by atoms with Gasteiger partial charge < -0.3 is 19.7 Å². The van der Waals surface area contributed by atoms with Crippen LogP contribution in [0.25, 0.3) is 0 Å². The molecular formula is C23H28ClN3O6S. The van der Waals surface area contributed by atoms with Crippen LogP contribution in [0.4, 0.5) is 5.69 Å². The molecule has 0 bridgehead atoms. The third-order valence-corrected chi connectivity index (χ3v) is 7.07. The minimum atomic E-state index is -3.61. The van der Waals surface area contributed by atoms with E-state index in [1.807, 2.05) is 6.07 Å². The van der Waals surface area contributed by atoms with Gasteiger partial charge in [-0.15, -0.1) is 0 Å². The first kappa shape index (κ1) is 25.6. The largest absolute Gasteiger partial charge is 0.454 e. The van der Waals surface area contributed by atoms with Gasteiger partial charge in [0.2, 0.25) is 28.6 Å². The van der Waals surface area contributed by atoms with Crippen LogP contribution in [0, 0.1) is 0 Å². The van der Waals surface area contributed by atoms with Gasteiger partial charge in [0.05, 0.1) is 11.9 Å².